The Labute approximate surface area is 152 Å². The van der Waals surface area contributed by atoms with Gasteiger partial charge in [-0.2, -0.15) is 0 Å². The van der Waals surface area contributed by atoms with Crippen molar-refractivity contribution in [2.24, 2.45) is 5.41 Å². The lowest BCUT2D eigenvalue weighted by atomic mass is 9.75. The van der Waals surface area contributed by atoms with E-state index in [1.807, 2.05) is 30.0 Å². The number of piperidine rings is 1. The first kappa shape index (κ1) is 18.1. The van der Waals surface area contributed by atoms with Gasteiger partial charge in [0.15, 0.2) is 0 Å². The highest BCUT2D eigenvalue weighted by molar-refractivity contribution is 5.76. The number of benzene rings is 1. The Kier molecular flexibility index (Phi) is 5.06. The van der Waals surface area contributed by atoms with Crippen molar-refractivity contribution < 1.29 is 14.3 Å². The Morgan fingerprint density at radius 2 is 2.12 bits per heavy atom. The van der Waals surface area contributed by atoms with E-state index in [4.69, 9.17) is 0 Å². The third kappa shape index (κ3) is 3.61. The normalized spacial score (nSPS) is 20.0. The number of carboxylic acids is 1. The van der Waals surface area contributed by atoms with E-state index in [1.54, 1.807) is 18.2 Å². The molecule has 0 radical (unpaired) electrons. The lowest BCUT2D eigenvalue weighted by Crippen LogP contribution is -2.49. The molecule has 1 aliphatic heterocycles. The van der Waals surface area contributed by atoms with Gasteiger partial charge in [-0.15, -0.1) is 0 Å². The smallest absolute Gasteiger partial charge is 0.311 e. The highest BCUT2D eigenvalue weighted by atomic mass is 19.1. The molecule has 1 aliphatic rings. The van der Waals surface area contributed by atoms with Crippen molar-refractivity contribution in [3.8, 4) is 0 Å². The van der Waals surface area contributed by atoms with Crippen LogP contribution >= 0.6 is 0 Å². The summed E-state index contributed by atoms with van der Waals surface area (Å²) in [5.74, 6) is 0.202. The van der Waals surface area contributed by atoms with Gasteiger partial charge in [-0.3, -0.25) is 4.79 Å². The molecule has 1 fully saturated rings. The summed E-state index contributed by atoms with van der Waals surface area (Å²) in [6.45, 7) is 1.01. The van der Waals surface area contributed by atoms with Crippen molar-refractivity contribution in [2.45, 2.75) is 19.3 Å². The number of anilines is 2. The molecule has 0 unspecified atom stereocenters. The van der Waals surface area contributed by atoms with Crippen LogP contribution in [0.1, 0.15) is 18.4 Å². The van der Waals surface area contributed by atoms with E-state index >= 15 is 0 Å². The van der Waals surface area contributed by atoms with E-state index in [1.165, 1.54) is 12.4 Å². The molecule has 0 aliphatic carbocycles. The number of hydrogen-bond donors (Lipinski definition) is 1. The minimum Gasteiger partial charge on any atom is -0.481 e. The highest BCUT2D eigenvalue weighted by Gasteiger charge is 2.43. The van der Waals surface area contributed by atoms with Crippen molar-refractivity contribution in [3.63, 3.8) is 0 Å². The van der Waals surface area contributed by atoms with Crippen LogP contribution in [-0.4, -0.2) is 48.2 Å². The lowest BCUT2D eigenvalue weighted by Gasteiger charge is -2.40. The van der Waals surface area contributed by atoms with Crippen LogP contribution in [-0.2, 0) is 11.2 Å². The largest absolute Gasteiger partial charge is 0.481 e. The monoisotopic (exact) mass is 358 g/mol. The van der Waals surface area contributed by atoms with Crippen molar-refractivity contribution in [3.05, 3.63) is 48.0 Å². The molecule has 2 heterocycles. The summed E-state index contributed by atoms with van der Waals surface area (Å²) in [4.78, 5) is 24.5. The first-order valence-electron chi connectivity index (χ1n) is 8.62. The molecule has 6 nitrogen and oxygen atoms in total. The maximum absolute atomic E-state index is 14.1. The fourth-order valence-electron chi connectivity index (χ4n) is 3.48. The summed E-state index contributed by atoms with van der Waals surface area (Å²) in [5.41, 5.74) is -0.600. The Balaban J connectivity index is 1.89. The van der Waals surface area contributed by atoms with Crippen LogP contribution in [0, 0.1) is 11.2 Å². The van der Waals surface area contributed by atoms with Crippen LogP contribution in [0.5, 0.6) is 0 Å². The fraction of sp³-hybridized carbons (Fsp3) is 0.421. The summed E-state index contributed by atoms with van der Waals surface area (Å²) >= 11 is 0. The minimum absolute atomic E-state index is 0.164. The van der Waals surface area contributed by atoms with Crippen LogP contribution in [0.3, 0.4) is 0 Å². The minimum atomic E-state index is -1.04. The topological polar surface area (TPSA) is 69.6 Å². The second-order valence-corrected chi connectivity index (χ2v) is 7.01. The maximum atomic E-state index is 14.1. The van der Waals surface area contributed by atoms with Crippen molar-refractivity contribution >= 4 is 17.6 Å². The van der Waals surface area contributed by atoms with Crippen LogP contribution in [0.4, 0.5) is 16.0 Å². The molecule has 0 saturated carbocycles. The molecule has 2 aromatic rings. The SMILES string of the molecule is CN(C)c1cc(N2CCC[C@](Cc3ccccc3F)(C(=O)O)C2)ncn1. The number of hydrogen-bond acceptors (Lipinski definition) is 5. The summed E-state index contributed by atoms with van der Waals surface area (Å²) in [5, 5.41) is 9.96. The molecule has 1 N–H and O–H groups in total. The first-order valence-corrected chi connectivity index (χ1v) is 8.62. The quantitative estimate of drug-likeness (QED) is 0.886. The van der Waals surface area contributed by atoms with E-state index in [9.17, 15) is 14.3 Å². The van der Waals surface area contributed by atoms with Crippen LogP contribution in [0.15, 0.2) is 36.7 Å². The number of aromatic nitrogens is 2. The van der Waals surface area contributed by atoms with Gasteiger partial charge in [0.05, 0.1) is 5.41 Å². The van der Waals surface area contributed by atoms with Gasteiger partial charge in [-0.25, -0.2) is 14.4 Å². The standard InChI is InChI=1S/C19H23FN4O2/c1-23(2)16-10-17(22-13-21-16)24-9-5-8-19(12-24,18(25)26)11-14-6-3-4-7-15(14)20/h3-4,6-7,10,13H,5,8-9,11-12H2,1-2H3,(H,25,26)/t19-/m1/s1. The molecule has 0 spiro atoms. The van der Waals surface area contributed by atoms with Gasteiger partial charge in [-0.05, 0) is 30.9 Å². The van der Waals surface area contributed by atoms with E-state index < -0.39 is 11.4 Å². The highest BCUT2D eigenvalue weighted by Crippen LogP contribution is 2.36. The number of carbonyl (C=O) groups is 1. The van der Waals surface area contributed by atoms with E-state index in [2.05, 4.69) is 9.97 Å². The molecular weight excluding hydrogens is 335 g/mol. The Morgan fingerprint density at radius 1 is 1.35 bits per heavy atom. The fourth-order valence-corrected chi connectivity index (χ4v) is 3.48. The zero-order valence-corrected chi connectivity index (χ0v) is 15.0. The van der Waals surface area contributed by atoms with Gasteiger partial charge in [0.1, 0.15) is 23.8 Å². The number of rotatable bonds is 5. The van der Waals surface area contributed by atoms with Gasteiger partial charge in [0.2, 0.25) is 0 Å². The molecule has 3 rings (SSSR count). The Bertz CT molecular complexity index is 799. The van der Waals surface area contributed by atoms with Gasteiger partial charge in [0, 0.05) is 33.3 Å². The molecule has 1 saturated heterocycles. The molecule has 1 aromatic carbocycles. The average Bonchev–Trinajstić information content (AvgIpc) is 2.64. The number of halogens is 1. The predicted octanol–water partition coefficient (Wildman–Crippen LogP) is 2.60. The molecule has 138 valence electrons. The molecule has 0 amide bonds. The molecule has 1 atom stereocenters. The van der Waals surface area contributed by atoms with E-state index in [0.29, 0.717) is 30.8 Å². The number of carboxylic acid groups (broad SMARTS) is 1. The number of nitrogens with zero attached hydrogens (tertiary/aromatic N) is 4. The van der Waals surface area contributed by atoms with Gasteiger partial charge >= 0.3 is 5.97 Å². The Hall–Kier alpha value is -2.70. The third-order valence-corrected chi connectivity index (χ3v) is 4.94. The summed E-state index contributed by atoms with van der Waals surface area (Å²) in [7, 11) is 3.78. The van der Waals surface area contributed by atoms with E-state index in [0.717, 1.165) is 12.4 Å². The molecule has 0 bridgehead atoms. The van der Waals surface area contributed by atoms with Crippen LogP contribution in [0.25, 0.3) is 0 Å². The van der Waals surface area contributed by atoms with Gasteiger partial charge < -0.3 is 14.9 Å². The maximum Gasteiger partial charge on any atom is 0.311 e. The summed E-state index contributed by atoms with van der Waals surface area (Å²) in [6.07, 6.45) is 2.87. The summed E-state index contributed by atoms with van der Waals surface area (Å²) in [6, 6.07) is 8.24. The van der Waals surface area contributed by atoms with Gasteiger partial charge in [-0.1, -0.05) is 18.2 Å². The molecule has 1 aromatic heterocycles. The van der Waals surface area contributed by atoms with Crippen molar-refractivity contribution in [2.75, 3.05) is 37.0 Å². The molecule has 7 heteroatoms. The summed E-state index contributed by atoms with van der Waals surface area (Å²) < 4.78 is 14.1. The zero-order chi connectivity index (χ0) is 18.7. The first-order chi connectivity index (χ1) is 12.4. The number of aliphatic carboxylic acids is 1. The second-order valence-electron chi connectivity index (χ2n) is 7.01. The Morgan fingerprint density at radius 3 is 2.81 bits per heavy atom. The van der Waals surface area contributed by atoms with Crippen LogP contribution < -0.4 is 9.80 Å². The van der Waals surface area contributed by atoms with Crippen molar-refractivity contribution in [1.82, 2.24) is 9.97 Å². The van der Waals surface area contributed by atoms with Crippen molar-refractivity contribution in [1.29, 1.82) is 0 Å². The van der Waals surface area contributed by atoms with E-state index in [-0.39, 0.29) is 12.2 Å². The third-order valence-electron chi connectivity index (χ3n) is 4.94. The predicted molar refractivity (Wildman–Crippen MR) is 98.0 cm³/mol. The average molecular weight is 358 g/mol. The van der Waals surface area contributed by atoms with Crippen LogP contribution in [0.2, 0.25) is 0 Å². The van der Waals surface area contributed by atoms with Gasteiger partial charge in [0.25, 0.3) is 0 Å². The zero-order valence-electron chi connectivity index (χ0n) is 15.0. The molecule has 26 heavy (non-hydrogen) atoms. The lowest BCUT2D eigenvalue weighted by molar-refractivity contribution is -0.149. The second kappa shape index (κ2) is 7.27. The molecular formula is C19H23FN4O2.